The molecule has 0 saturated heterocycles. The average molecular weight is 596 g/mol. The number of hydrogen-bond acceptors (Lipinski definition) is 9. The number of methoxy groups -OCH3 is 1. The van der Waals surface area contributed by atoms with Crippen LogP contribution >= 0.6 is 11.8 Å². The largest absolute Gasteiger partial charge is 0.497 e. The smallest absolute Gasteiger partial charge is 0.242 e. The summed E-state index contributed by atoms with van der Waals surface area (Å²) in [5.41, 5.74) is 2.13. The molecule has 0 aliphatic carbocycles. The van der Waals surface area contributed by atoms with Crippen molar-refractivity contribution >= 4 is 27.7 Å². The standard InChI is InChI=1S/C28H29N5O6S2/c1-18(27(34)29-16-19-11-12-24-25(13-19)39-17-38-24)40-28-31-30-26(33(28)21-8-6-9-22(15-21)37-4)20-7-5-10-23(14-20)41(35,36)32(2)3/h5-15,18H,16-17H2,1-4H3,(H,29,34)/t18-/m0/s1. The monoisotopic (exact) mass is 595 g/mol. The second-order valence-electron chi connectivity index (χ2n) is 9.32. The van der Waals surface area contributed by atoms with Crippen LogP contribution in [0.5, 0.6) is 17.2 Å². The molecule has 1 aliphatic rings. The number of hydrogen-bond donors (Lipinski definition) is 1. The maximum Gasteiger partial charge on any atom is 0.242 e. The number of sulfonamides is 1. The topological polar surface area (TPSA) is 125 Å². The molecule has 214 valence electrons. The van der Waals surface area contributed by atoms with E-state index in [0.29, 0.717) is 46.0 Å². The predicted molar refractivity (Wildman–Crippen MR) is 154 cm³/mol. The number of thioether (sulfide) groups is 1. The van der Waals surface area contributed by atoms with Gasteiger partial charge in [0.1, 0.15) is 5.75 Å². The summed E-state index contributed by atoms with van der Waals surface area (Å²) in [5.74, 6) is 2.19. The molecule has 0 fully saturated rings. The number of fused-ring (bicyclic) bond motifs is 1. The molecule has 3 aromatic carbocycles. The first kappa shape index (κ1) is 28.5. The molecular formula is C28H29N5O6S2. The quantitative estimate of drug-likeness (QED) is 0.273. The van der Waals surface area contributed by atoms with Crippen LogP contribution in [0.4, 0.5) is 0 Å². The molecule has 41 heavy (non-hydrogen) atoms. The lowest BCUT2D eigenvalue weighted by molar-refractivity contribution is -0.120. The van der Waals surface area contributed by atoms with Gasteiger partial charge in [-0.15, -0.1) is 10.2 Å². The molecule has 4 aromatic rings. The van der Waals surface area contributed by atoms with Gasteiger partial charge in [-0.05, 0) is 48.9 Å². The van der Waals surface area contributed by atoms with Gasteiger partial charge in [-0.3, -0.25) is 9.36 Å². The van der Waals surface area contributed by atoms with Crippen molar-refractivity contribution in [2.45, 2.75) is 28.8 Å². The van der Waals surface area contributed by atoms with E-state index in [1.165, 1.54) is 31.9 Å². The van der Waals surface area contributed by atoms with Gasteiger partial charge in [-0.1, -0.05) is 36.0 Å². The van der Waals surface area contributed by atoms with Gasteiger partial charge in [0.2, 0.25) is 22.7 Å². The van der Waals surface area contributed by atoms with Gasteiger partial charge in [0.05, 0.1) is 22.9 Å². The van der Waals surface area contributed by atoms with Crippen molar-refractivity contribution in [1.29, 1.82) is 0 Å². The van der Waals surface area contributed by atoms with Crippen LogP contribution < -0.4 is 19.5 Å². The number of amides is 1. The Balaban J connectivity index is 1.43. The molecule has 0 bridgehead atoms. The Kier molecular flexibility index (Phi) is 8.20. The third-order valence-electron chi connectivity index (χ3n) is 6.37. The molecule has 1 aliphatic heterocycles. The highest BCUT2D eigenvalue weighted by Crippen LogP contribution is 2.34. The van der Waals surface area contributed by atoms with Crippen molar-refractivity contribution in [2.24, 2.45) is 0 Å². The van der Waals surface area contributed by atoms with E-state index in [4.69, 9.17) is 14.2 Å². The lowest BCUT2D eigenvalue weighted by Crippen LogP contribution is -2.30. The minimum atomic E-state index is -3.67. The van der Waals surface area contributed by atoms with E-state index < -0.39 is 15.3 Å². The first-order valence-electron chi connectivity index (χ1n) is 12.6. The third kappa shape index (κ3) is 6.01. The highest BCUT2D eigenvalue weighted by atomic mass is 32.2. The second-order valence-corrected chi connectivity index (χ2v) is 12.8. The van der Waals surface area contributed by atoms with E-state index in [1.807, 2.05) is 42.5 Å². The van der Waals surface area contributed by atoms with Gasteiger partial charge in [-0.2, -0.15) is 0 Å². The van der Waals surface area contributed by atoms with Crippen LogP contribution in [0, 0.1) is 0 Å². The molecule has 1 N–H and O–H groups in total. The van der Waals surface area contributed by atoms with E-state index in [1.54, 1.807) is 36.8 Å². The van der Waals surface area contributed by atoms with Gasteiger partial charge in [0.25, 0.3) is 0 Å². The van der Waals surface area contributed by atoms with Crippen molar-refractivity contribution in [3.05, 3.63) is 72.3 Å². The average Bonchev–Trinajstić information content (AvgIpc) is 3.62. The van der Waals surface area contributed by atoms with Gasteiger partial charge in [0, 0.05) is 32.3 Å². The summed E-state index contributed by atoms with van der Waals surface area (Å²) in [6.07, 6.45) is 0. The summed E-state index contributed by atoms with van der Waals surface area (Å²) in [6.45, 7) is 2.29. The first-order chi connectivity index (χ1) is 19.7. The van der Waals surface area contributed by atoms with Gasteiger partial charge < -0.3 is 19.5 Å². The zero-order valence-corrected chi connectivity index (χ0v) is 24.5. The number of rotatable bonds is 10. The molecule has 0 unspecified atom stereocenters. The number of carbonyl (C=O) groups is 1. The molecule has 5 rings (SSSR count). The maximum absolute atomic E-state index is 13.1. The summed E-state index contributed by atoms with van der Waals surface area (Å²) in [7, 11) is 0.866. The van der Waals surface area contributed by atoms with Crippen molar-refractivity contribution in [3.8, 4) is 34.3 Å². The van der Waals surface area contributed by atoms with Crippen LogP contribution in [0.2, 0.25) is 0 Å². The van der Waals surface area contributed by atoms with Crippen LogP contribution in [0.15, 0.2) is 76.8 Å². The molecule has 11 nitrogen and oxygen atoms in total. The SMILES string of the molecule is COc1cccc(-n2c(S[C@@H](C)C(=O)NCc3ccc4c(c3)OCO4)nnc2-c2cccc(S(=O)(=O)N(C)C)c2)c1. The van der Waals surface area contributed by atoms with Crippen molar-refractivity contribution < 1.29 is 27.4 Å². The van der Waals surface area contributed by atoms with Crippen molar-refractivity contribution in [1.82, 2.24) is 24.4 Å². The fourth-order valence-electron chi connectivity index (χ4n) is 4.12. The Morgan fingerprint density at radius 2 is 1.85 bits per heavy atom. The van der Waals surface area contributed by atoms with E-state index in [0.717, 1.165) is 9.87 Å². The Bertz CT molecular complexity index is 1690. The van der Waals surface area contributed by atoms with E-state index in [9.17, 15) is 13.2 Å². The summed E-state index contributed by atoms with van der Waals surface area (Å²) in [6, 6.07) is 19.4. The van der Waals surface area contributed by atoms with Gasteiger partial charge >= 0.3 is 0 Å². The fourth-order valence-corrected chi connectivity index (χ4v) is 5.96. The van der Waals surface area contributed by atoms with Crippen LogP contribution in [0.1, 0.15) is 12.5 Å². The summed E-state index contributed by atoms with van der Waals surface area (Å²) >= 11 is 1.24. The highest BCUT2D eigenvalue weighted by molar-refractivity contribution is 8.00. The zero-order chi connectivity index (χ0) is 29.1. The van der Waals surface area contributed by atoms with Crippen LogP contribution in [-0.4, -0.2) is 66.6 Å². The van der Waals surface area contributed by atoms with Gasteiger partial charge in [0.15, 0.2) is 22.5 Å². The summed E-state index contributed by atoms with van der Waals surface area (Å²) in [5, 5.41) is 11.7. The Morgan fingerprint density at radius 3 is 2.63 bits per heavy atom. The van der Waals surface area contributed by atoms with Crippen molar-refractivity contribution in [2.75, 3.05) is 28.0 Å². The fraction of sp³-hybridized carbons (Fsp3) is 0.250. The first-order valence-corrected chi connectivity index (χ1v) is 14.9. The Morgan fingerprint density at radius 1 is 1.07 bits per heavy atom. The number of ether oxygens (including phenoxy) is 3. The molecule has 1 amide bonds. The van der Waals surface area contributed by atoms with E-state index in [-0.39, 0.29) is 17.6 Å². The van der Waals surface area contributed by atoms with Crippen LogP contribution in [0.25, 0.3) is 17.1 Å². The normalized spacial score (nSPS) is 13.3. The van der Waals surface area contributed by atoms with E-state index in [2.05, 4.69) is 15.5 Å². The maximum atomic E-state index is 13.1. The number of aromatic nitrogens is 3. The molecule has 0 radical (unpaired) electrons. The predicted octanol–water partition coefficient (Wildman–Crippen LogP) is 3.72. The lowest BCUT2D eigenvalue weighted by atomic mass is 10.2. The second kappa shape index (κ2) is 11.8. The van der Waals surface area contributed by atoms with Crippen LogP contribution in [0.3, 0.4) is 0 Å². The Hall–Kier alpha value is -4.07. The molecule has 2 heterocycles. The van der Waals surface area contributed by atoms with Crippen molar-refractivity contribution in [3.63, 3.8) is 0 Å². The molecule has 1 atom stereocenters. The molecule has 0 saturated carbocycles. The zero-order valence-electron chi connectivity index (χ0n) is 22.9. The molecule has 13 heteroatoms. The number of nitrogens with zero attached hydrogens (tertiary/aromatic N) is 4. The number of nitrogens with one attached hydrogen (secondary N) is 1. The highest BCUT2D eigenvalue weighted by Gasteiger charge is 2.24. The molecular weight excluding hydrogens is 566 g/mol. The lowest BCUT2D eigenvalue weighted by Gasteiger charge is -2.15. The number of benzene rings is 3. The van der Waals surface area contributed by atoms with E-state index >= 15 is 0 Å². The summed E-state index contributed by atoms with van der Waals surface area (Å²) in [4.78, 5) is 13.2. The minimum Gasteiger partial charge on any atom is -0.497 e. The van der Waals surface area contributed by atoms with Gasteiger partial charge in [-0.25, -0.2) is 12.7 Å². The van der Waals surface area contributed by atoms with Crippen LogP contribution in [-0.2, 0) is 21.4 Å². The minimum absolute atomic E-state index is 0.130. The molecule has 0 spiro atoms. The Labute approximate surface area is 242 Å². The number of carbonyl (C=O) groups excluding carboxylic acids is 1. The molecule has 1 aromatic heterocycles. The summed E-state index contributed by atoms with van der Waals surface area (Å²) < 4.78 is 44.7. The third-order valence-corrected chi connectivity index (χ3v) is 9.22.